The first kappa shape index (κ1) is 17.5. The van der Waals surface area contributed by atoms with Crippen LogP contribution in [0.2, 0.25) is 0 Å². The summed E-state index contributed by atoms with van der Waals surface area (Å²) in [6, 6.07) is 15.0. The van der Waals surface area contributed by atoms with E-state index in [-0.39, 0.29) is 5.82 Å². The molecule has 134 valence electrons. The molecule has 1 aromatic heterocycles. The highest BCUT2D eigenvalue weighted by atomic mass is 16.5. The number of nitrogens with zero attached hydrogens (tertiary/aromatic N) is 1. The van der Waals surface area contributed by atoms with Gasteiger partial charge in [0.15, 0.2) is 5.82 Å². The van der Waals surface area contributed by atoms with E-state index in [4.69, 9.17) is 15.2 Å². The SMILES string of the molecule is CCOc1cccc(-c2nc(N)c(=O)[nH]c2-c2cccc(OCC)c2)c1. The molecule has 0 saturated heterocycles. The largest absolute Gasteiger partial charge is 0.494 e. The van der Waals surface area contributed by atoms with Gasteiger partial charge in [0.05, 0.1) is 24.6 Å². The van der Waals surface area contributed by atoms with Gasteiger partial charge in [-0.25, -0.2) is 4.98 Å². The Kier molecular flexibility index (Phi) is 5.22. The normalized spacial score (nSPS) is 10.5. The predicted octanol–water partition coefficient (Wildman–Crippen LogP) is 3.48. The first-order chi connectivity index (χ1) is 12.6. The molecule has 26 heavy (non-hydrogen) atoms. The molecule has 0 aliphatic heterocycles. The zero-order chi connectivity index (χ0) is 18.5. The minimum atomic E-state index is -0.425. The van der Waals surface area contributed by atoms with Gasteiger partial charge >= 0.3 is 0 Å². The van der Waals surface area contributed by atoms with Crippen LogP contribution >= 0.6 is 0 Å². The number of aromatic amines is 1. The molecule has 0 fully saturated rings. The van der Waals surface area contributed by atoms with Gasteiger partial charge in [0.2, 0.25) is 0 Å². The molecule has 0 aliphatic rings. The van der Waals surface area contributed by atoms with Crippen LogP contribution < -0.4 is 20.8 Å². The molecule has 3 aromatic rings. The average Bonchev–Trinajstić information content (AvgIpc) is 2.65. The Morgan fingerprint density at radius 3 is 2.15 bits per heavy atom. The van der Waals surface area contributed by atoms with Gasteiger partial charge in [-0.05, 0) is 38.1 Å². The molecule has 0 saturated carbocycles. The van der Waals surface area contributed by atoms with Crippen molar-refractivity contribution in [1.29, 1.82) is 0 Å². The molecule has 1 heterocycles. The fourth-order valence-corrected chi connectivity index (χ4v) is 2.69. The lowest BCUT2D eigenvalue weighted by Gasteiger charge is -2.12. The lowest BCUT2D eigenvalue weighted by molar-refractivity contribution is 0.340. The Balaban J connectivity index is 2.17. The number of benzene rings is 2. The van der Waals surface area contributed by atoms with E-state index in [1.807, 2.05) is 62.4 Å². The molecule has 0 aliphatic carbocycles. The van der Waals surface area contributed by atoms with E-state index in [1.165, 1.54) is 0 Å². The summed E-state index contributed by atoms with van der Waals surface area (Å²) in [4.78, 5) is 19.3. The third kappa shape index (κ3) is 3.69. The number of nitrogens with two attached hydrogens (primary N) is 1. The maximum absolute atomic E-state index is 12.1. The van der Waals surface area contributed by atoms with E-state index < -0.39 is 5.56 Å². The summed E-state index contributed by atoms with van der Waals surface area (Å²) in [5.41, 5.74) is 8.10. The van der Waals surface area contributed by atoms with Crippen LogP contribution in [0.5, 0.6) is 11.5 Å². The van der Waals surface area contributed by atoms with Crippen molar-refractivity contribution in [3.8, 4) is 34.0 Å². The van der Waals surface area contributed by atoms with Crippen LogP contribution in [-0.4, -0.2) is 23.2 Å². The Bertz CT molecular complexity index is 967. The molecule has 0 amide bonds. The molecular weight excluding hydrogens is 330 g/mol. The molecule has 3 N–H and O–H groups in total. The van der Waals surface area contributed by atoms with Crippen LogP contribution in [-0.2, 0) is 0 Å². The van der Waals surface area contributed by atoms with Gasteiger partial charge in [-0.1, -0.05) is 24.3 Å². The summed E-state index contributed by atoms with van der Waals surface area (Å²) in [7, 11) is 0. The van der Waals surface area contributed by atoms with Gasteiger partial charge in [0, 0.05) is 11.1 Å². The van der Waals surface area contributed by atoms with E-state index >= 15 is 0 Å². The van der Waals surface area contributed by atoms with Crippen molar-refractivity contribution >= 4 is 5.82 Å². The molecule has 2 aromatic carbocycles. The number of aromatic nitrogens is 2. The van der Waals surface area contributed by atoms with E-state index in [9.17, 15) is 4.79 Å². The molecule has 6 heteroatoms. The predicted molar refractivity (Wildman–Crippen MR) is 102 cm³/mol. The molecule has 0 unspecified atom stereocenters. The lowest BCUT2D eigenvalue weighted by atomic mass is 10.0. The van der Waals surface area contributed by atoms with Crippen LogP contribution in [0.1, 0.15) is 13.8 Å². The third-order valence-corrected chi connectivity index (χ3v) is 3.79. The topological polar surface area (TPSA) is 90.2 Å². The Morgan fingerprint density at radius 1 is 0.962 bits per heavy atom. The standard InChI is InChI=1S/C20H21N3O3/c1-3-25-15-9-5-7-13(11-15)17-18(23-20(24)19(21)22-17)14-8-6-10-16(12-14)26-4-2/h5-12H,3-4H2,1-2H3,(H2,21,22)(H,23,24). The van der Waals surface area contributed by atoms with E-state index in [0.29, 0.717) is 24.6 Å². The van der Waals surface area contributed by atoms with E-state index in [2.05, 4.69) is 9.97 Å². The number of ether oxygens (including phenoxy) is 2. The monoisotopic (exact) mass is 351 g/mol. The number of nitrogens with one attached hydrogen (secondary N) is 1. The second-order valence-electron chi connectivity index (χ2n) is 5.60. The Morgan fingerprint density at radius 2 is 1.54 bits per heavy atom. The number of hydrogen-bond acceptors (Lipinski definition) is 5. The third-order valence-electron chi connectivity index (χ3n) is 3.79. The van der Waals surface area contributed by atoms with Crippen LogP contribution in [0.25, 0.3) is 22.5 Å². The zero-order valence-electron chi connectivity index (χ0n) is 14.8. The van der Waals surface area contributed by atoms with Crippen LogP contribution in [0.15, 0.2) is 53.3 Å². The molecule has 0 atom stereocenters. The summed E-state index contributed by atoms with van der Waals surface area (Å²) >= 11 is 0. The van der Waals surface area contributed by atoms with Gasteiger partial charge in [-0.3, -0.25) is 4.79 Å². The first-order valence-electron chi connectivity index (χ1n) is 8.48. The maximum Gasteiger partial charge on any atom is 0.290 e. The van der Waals surface area contributed by atoms with Gasteiger partial charge in [0.25, 0.3) is 5.56 Å². The summed E-state index contributed by atoms with van der Waals surface area (Å²) in [6.45, 7) is 4.97. The zero-order valence-corrected chi connectivity index (χ0v) is 14.8. The smallest absolute Gasteiger partial charge is 0.290 e. The Labute approximate surface area is 151 Å². The van der Waals surface area contributed by atoms with Gasteiger partial charge in [-0.15, -0.1) is 0 Å². The van der Waals surface area contributed by atoms with Crippen molar-refractivity contribution in [3.63, 3.8) is 0 Å². The number of H-pyrrole nitrogens is 1. The molecule has 0 radical (unpaired) electrons. The minimum absolute atomic E-state index is 0.0773. The van der Waals surface area contributed by atoms with Gasteiger partial charge < -0.3 is 20.2 Å². The van der Waals surface area contributed by atoms with Crippen LogP contribution in [0.4, 0.5) is 5.82 Å². The quantitative estimate of drug-likeness (QED) is 0.709. The number of rotatable bonds is 6. The van der Waals surface area contributed by atoms with Gasteiger partial charge in [0.1, 0.15) is 11.5 Å². The van der Waals surface area contributed by atoms with Crippen molar-refractivity contribution in [2.45, 2.75) is 13.8 Å². The number of nitrogen functional groups attached to an aromatic ring is 1. The van der Waals surface area contributed by atoms with Crippen molar-refractivity contribution < 1.29 is 9.47 Å². The fraction of sp³-hybridized carbons (Fsp3) is 0.200. The second-order valence-corrected chi connectivity index (χ2v) is 5.60. The average molecular weight is 351 g/mol. The minimum Gasteiger partial charge on any atom is -0.494 e. The van der Waals surface area contributed by atoms with E-state index in [0.717, 1.165) is 22.6 Å². The highest BCUT2D eigenvalue weighted by molar-refractivity contribution is 5.79. The molecule has 3 rings (SSSR count). The molecular formula is C20H21N3O3. The summed E-state index contributed by atoms with van der Waals surface area (Å²) in [6.07, 6.45) is 0. The summed E-state index contributed by atoms with van der Waals surface area (Å²) in [5.74, 6) is 1.37. The Hall–Kier alpha value is -3.28. The molecule has 0 bridgehead atoms. The van der Waals surface area contributed by atoms with Crippen molar-refractivity contribution in [1.82, 2.24) is 9.97 Å². The highest BCUT2D eigenvalue weighted by Gasteiger charge is 2.14. The summed E-state index contributed by atoms with van der Waals surface area (Å²) in [5, 5.41) is 0. The summed E-state index contributed by atoms with van der Waals surface area (Å²) < 4.78 is 11.1. The molecule has 6 nitrogen and oxygen atoms in total. The fourth-order valence-electron chi connectivity index (χ4n) is 2.69. The van der Waals surface area contributed by atoms with E-state index in [1.54, 1.807) is 0 Å². The molecule has 0 spiro atoms. The maximum atomic E-state index is 12.1. The van der Waals surface area contributed by atoms with Crippen LogP contribution in [0.3, 0.4) is 0 Å². The van der Waals surface area contributed by atoms with Crippen molar-refractivity contribution in [3.05, 3.63) is 58.9 Å². The highest BCUT2D eigenvalue weighted by Crippen LogP contribution is 2.32. The van der Waals surface area contributed by atoms with Crippen LogP contribution in [0, 0.1) is 0 Å². The van der Waals surface area contributed by atoms with Crippen molar-refractivity contribution in [2.24, 2.45) is 0 Å². The van der Waals surface area contributed by atoms with Crippen molar-refractivity contribution in [2.75, 3.05) is 18.9 Å². The first-order valence-corrected chi connectivity index (χ1v) is 8.48. The second kappa shape index (κ2) is 7.74. The number of anilines is 1. The lowest BCUT2D eigenvalue weighted by Crippen LogP contribution is -2.16. The number of hydrogen-bond donors (Lipinski definition) is 2. The van der Waals surface area contributed by atoms with Gasteiger partial charge in [-0.2, -0.15) is 0 Å².